The Balaban J connectivity index is 3.22. The second-order valence-corrected chi connectivity index (χ2v) is 5.24. The summed E-state index contributed by atoms with van der Waals surface area (Å²) >= 11 is 9.54. The first-order valence-electron chi connectivity index (χ1n) is 4.44. The minimum absolute atomic E-state index is 0.0970. The van der Waals surface area contributed by atoms with E-state index in [0.29, 0.717) is 0 Å². The van der Waals surface area contributed by atoms with Crippen LogP contribution in [0.1, 0.15) is 17.9 Å². The Bertz CT molecular complexity index is 434. The number of hydrogen-bond acceptors (Lipinski definition) is 3. The van der Waals surface area contributed by atoms with Crippen LogP contribution in [-0.2, 0) is 4.79 Å². The number of alkyl halides is 4. The maximum absolute atomic E-state index is 12.3. The van der Waals surface area contributed by atoms with Gasteiger partial charge in [-0.2, -0.15) is 13.2 Å². The van der Waals surface area contributed by atoms with Crippen LogP contribution in [0.2, 0.25) is 0 Å². The topological polar surface area (TPSA) is 17.1 Å². The summed E-state index contributed by atoms with van der Waals surface area (Å²) < 4.78 is 37.0. The van der Waals surface area contributed by atoms with E-state index in [1.807, 2.05) is 0 Å². The zero-order valence-corrected chi connectivity index (χ0v) is 11.1. The molecule has 0 N–H and O–H groups in total. The minimum atomic E-state index is -4.43. The summed E-state index contributed by atoms with van der Waals surface area (Å²) in [6, 6.07) is 4.20. The van der Waals surface area contributed by atoms with Crippen molar-refractivity contribution in [3.8, 4) is 0 Å². The fraction of sp³-hybridized carbons (Fsp3) is 0.300. The van der Waals surface area contributed by atoms with Crippen molar-refractivity contribution in [3.63, 3.8) is 0 Å². The van der Waals surface area contributed by atoms with Crippen molar-refractivity contribution < 1.29 is 18.0 Å². The second kappa shape index (κ2) is 5.54. The first kappa shape index (κ1) is 14.7. The maximum atomic E-state index is 12.3. The summed E-state index contributed by atoms with van der Waals surface area (Å²) in [6.07, 6.45) is 0. The Morgan fingerprint density at radius 2 is 2.06 bits per heavy atom. The summed E-state index contributed by atoms with van der Waals surface area (Å²) in [5, 5.41) is -1.12. The normalized spacial score (nSPS) is 13.5. The van der Waals surface area contributed by atoms with E-state index in [-0.39, 0.29) is 27.1 Å². The van der Waals surface area contributed by atoms with Crippen molar-refractivity contribution in [3.05, 3.63) is 23.8 Å². The molecule has 17 heavy (non-hydrogen) atoms. The van der Waals surface area contributed by atoms with Crippen molar-refractivity contribution in [2.24, 2.45) is 0 Å². The fourth-order valence-corrected chi connectivity index (χ4v) is 2.72. The van der Waals surface area contributed by atoms with E-state index in [4.69, 9.17) is 11.6 Å². The fourth-order valence-electron chi connectivity index (χ4n) is 1.20. The lowest BCUT2D eigenvalue weighted by atomic mass is 10.1. The number of ketones is 1. The molecule has 1 rings (SSSR count). The number of halogens is 4. The van der Waals surface area contributed by atoms with E-state index in [1.54, 1.807) is 0 Å². The number of carbonyl (C=O) groups is 1. The first-order chi connectivity index (χ1) is 7.72. The molecule has 0 saturated heterocycles. The number of Topliss-reactive ketones (excluding diaryl/α,β-unsaturated/α-hetero) is 1. The molecular formula is C10H8ClF3OS2. The molecule has 0 heterocycles. The van der Waals surface area contributed by atoms with E-state index in [2.05, 4.69) is 12.6 Å². The van der Waals surface area contributed by atoms with E-state index in [1.165, 1.54) is 25.1 Å². The molecule has 7 heteroatoms. The molecule has 1 aromatic rings. The number of benzene rings is 1. The molecule has 0 bridgehead atoms. The largest absolute Gasteiger partial charge is 0.446 e. The van der Waals surface area contributed by atoms with Crippen LogP contribution in [-0.4, -0.2) is 11.3 Å². The van der Waals surface area contributed by atoms with Gasteiger partial charge in [-0.3, -0.25) is 4.79 Å². The summed E-state index contributed by atoms with van der Waals surface area (Å²) in [5.41, 5.74) is -4.32. The number of thiol groups is 1. The quantitative estimate of drug-likeness (QED) is 0.504. The average Bonchev–Trinajstić information content (AvgIpc) is 2.14. The zero-order valence-electron chi connectivity index (χ0n) is 8.58. The monoisotopic (exact) mass is 300 g/mol. The highest BCUT2D eigenvalue weighted by atomic mass is 35.5. The Morgan fingerprint density at radius 3 is 2.53 bits per heavy atom. The van der Waals surface area contributed by atoms with Gasteiger partial charge in [0.15, 0.2) is 5.78 Å². The van der Waals surface area contributed by atoms with Gasteiger partial charge in [-0.05, 0) is 30.8 Å². The van der Waals surface area contributed by atoms with Crippen molar-refractivity contribution in [1.29, 1.82) is 0 Å². The third-order valence-corrected chi connectivity index (χ3v) is 3.60. The smallest absolute Gasteiger partial charge is 0.298 e. The van der Waals surface area contributed by atoms with Gasteiger partial charge in [0.05, 0.1) is 0 Å². The van der Waals surface area contributed by atoms with Gasteiger partial charge < -0.3 is 0 Å². The summed E-state index contributed by atoms with van der Waals surface area (Å²) in [6.45, 7) is 1.22. The van der Waals surface area contributed by atoms with Crippen molar-refractivity contribution in [1.82, 2.24) is 0 Å². The van der Waals surface area contributed by atoms with Gasteiger partial charge >= 0.3 is 5.51 Å². The summed E-state index contributed by atoms with van der Waals surface area (Å²) in [5.74, 6) is -0.419. The Labute approximate surface area is 111 Å². The molecule has 1 atom stereocenters. The number of rotatable bonds is 3. The van der Waals surface area contributed by atoms with Crippen LogP contribution in [0.25, 0.3) is 0 Å². The molecule has 0 radical (unpaired) electrons. The lowest BCUT2D eigenvalue weighted by molar-refractivity contribution is -0.116. The maximum Gasteiger partial charge on any atom is 0.446 e. The highest BCUT2D eigenvalue weighted by Gasteiger charge is 2.32. The predicted molar refractivity (Wildman–Crippen MR) is 64.9 cm³/mol. The molecule has 1 aromatic carbocycles. The number of thioether (sulfide) groups is 1. The summed E-state index contributed by atoms with van der Waals surface area (Å²) in [4.78, 5) is 11.3. The van der Waals surface area contributed by atoms with Crippen LogP contribution in [0.4, 0.5) is 13.2 Å². The van der Waals surface area contributed by atoms with Crippen molar-refractivity contribution >= 4 is 41.8 Å². The molecule has 0 fully saturated rings. The van der Waals surface area contributed by atoms with Crippen LogP contribution in [0.5, 0.6) is 0 Å². The molecule has 0 aliphatic rings. The van der Waals surface area contributed by atoms with Crippen molar-refractivity contribution in [2.45, 2.75) is 27.6 Å². The molecule has 0 amide bonds. The molecule has 1 unspecified atom stereocenters. The molecule has 0 spiro atoms. The van der Waals surface area contributed by atoms with E-state index in [9.17, 15) is 18.0 Å². The van der Waals surface area contributed by atoms with Gasteiger partial charge in [-0.25, -0.2) is 0 Å². The van der Waals surface area contributed by atoms with Crippen LogP contribution < -0.4 is 0 Å². The summed E-state index contributed by atoms with van der Waals surface area (Å²) in [7, 11) is 0. The third-order valence-electron chi connectivity index (χ3n) is 1.88. The third kappa shape index (κ3) is 4.12. The van der Waals surface area contributed by atoms with Gasteiger partial charge in [0.2, 0.25) is 0 Å². The molecular weight excluding hydrogens is 293 g/mol. The van der Waals surface area contributed by atoms with Gasteiger partial charge in [0, 0.05) is 15.4 Å². The van der Waals surface area contributed by atoms with E-state index >= 15 is 0 Å². The van der Waals surface area contributed by atoms with Crippen LogP contribution in [0.15, 0.2) is 28.0 Å². The standard InChI is InChI=1S/C10H8ClF3OS2/c1-5(15)9(11)8-6(16)3-2-4-7(8)17-10(12,13)14/h2-4,9,16H,1H3. The van der Waals surface area contributed by atoms with Crippen LogP contribution >= 0.6 is 36.0 Å². The Kier molecular flexibility index (Phi) is 4.80. The minimum Gasteiger partial charge on any atom is -0.298 e. The average molecular weight is 301 g/mol. The van der Waals surface area contributed by atoms with Crippen molar-refractivity contribution in [2.75, 3.05) is 0 Å². The number of hydrogen-bond donors (Lipinski definition) is 1. The van der Waals surface area contributed by atoms with Gasteiger partial charge in [-0.1, -0.05) is 6.07 Å². The molecule has 0 aromatic heterocycles. The molecule has 94 valence electrons. The molecule has 0 aliphatic carbocycles. The Hall–Kier alpha value is -0.330. The van der Waals surface area contributed by atoms with E-state index in [0.717, 1.165) is 0 Å². The zero-order chi connectivity index (χ0) is 13.2. The van der Waals surface area contributed by atoms with E-state index < -0.39 is 16.7 Å². The highest BCUT2D eigenvalue weighted by molar-refractivity contribution is 8.00. The first-order valence-corrected chi connectivity index (χ1v) is 6.14. The lowest BCUT2D eigenvalue weighted by Gasteiger charge is -2.15. The predicted octanol–water partition coefficient (Wildman–Crippen LogP) is 4.46. The SMILES string of the molecule is CC(=O)C(Cl)c1c(S)cccc1SC(F)(F)F. The lowest BCUT2D eigenvalue weighted by Crippen LogP contribution is -2.07. The Morgan fingerprint density at radius 1 is 1.47 bits per heavy atom. The highest BCUT2D eigenvalue weighted by Crippen LogP contribution is 2.43. The second-order valence-electron chi connectivity index (χ2n) is 3.21. The van der Waals surface area contributed by atoms with Gasteiger partial charge in [0.25, 0.3) is 0 Å². The van der Waals surface area contributed by atoms with Crippen LogP contribution in [0, 0.1) is 0 Å². The molecule has 0 aliphatic heterocycles. The van der Waals surface area contributed by atoms with Crippen LogP contribution in [0.3, 0.4) is 0 Å². The molecule has 0 saturated carbocycles. The van der Waals surface area contributed by atoms with Gasteiger partial charge in [-0.15, -0.1) is 24.2 Å². The number of carbonyl (C=O) groups excluding carboxylic acids is 1. The molecule has 1 nitrogen and oxygen atoms in total. The van der Waals surface area contributed by atoms with Gasteiger partial charge in [0.1, 0.15) is 5.38 Å².